The molecule has 0 spiro atoms. The predicted molar refractivity (Wildman–Crippen MR) is 108 cm³/mol. The summed E-state index contributed by atoms with van der Waals surface area (Å²) in [5, 5.41) is 7.52. The molecule has 0 aliphatic carbocycles. The van der Waals surface area contributed by atoms with Gasteiger partial charge in [0.15, 0.2) is 0 Å². The molecule has 7 nitrogen and oxygen atoms in total. The van der Waals surface area contributed by atoms with Gasteiger partial charge in [0.25, 0.3) is 0 Å². The predicted octanol–water partition coefficient (Wildman–Crippen LogP) is 2.93. The Hall–Kier alpha value is -3.19. The van der Waals surface area contributed by atoms with Gasteiger partial charge in [0, 0.05) is 45.1 Å². The van der Waals surface area contributed by atoms with Crippen LogP contribution in [0.4, 0.5) is 10.5 Å². The van der Waals surface area contributed by atoms with Crippen molar-refractivity contribution in [2.24, 2.45) is 0 Å². The van der Waals surface area contributed by atoms with Gasteiger partial charge in [-0.1, -0.05) is 24.3 Å². The first-order valence-electron chi connectivity index (χ1n) is 9.48. The molecule has 2 aromatic heterocycles. The van der Waals surface area contributed by atoms with Crippen molar-refractivity contribution in [3.05, 3.63) is 72.3 Å². The summed E-state index contributed by atoms with van der Waals surface area (Å²) in [6.45, 7) is 5.89. The van der Waals surface area contributed by atoms with Gasteiger partial charge in [-0.05, 0) is 30.7 Å². The van der Waals surface area contributed by atoms with Crippen LogP contribution in [0, 0.1) is 6.92 Å². The van der Waals surface area contributed by atoms with E-state index in [1.165, 1.54) is 5.56 Å². The Labute approximate surface area is 164 Å². The molecule has 1 saturated heterocycles. The molecule has 144 valence electrons. The van der Waals surface area contributed by atoms with E-state index >= 15 is 0 Å². The van der Waals surface area contributed by atoms with Crippen molar-refractivity contribution in [1.82, 2.24) is 24.6 Å². The van der Waals surface area contributed by atoms with Crippen LogP contribution in [0.25, 0.3) is 5.69 Å². The van der Waals surface area contributed by atoms with Crippen LogP contribution in [-0.2, 0) is 6.54 Å². The van der Waals surface area contributed by atoms with Crippen LogP contribution in [0.2, 0.25) is 0 Å². The number of urea groups is 1. The van der Waals surface area contributed by atoms with Crippen LogP contribution in [0.5, 0.6) is 0 Å². The minimum atomic E-state index is -0.0725. The van der Waals surface area contributed by atoms with E-state index in [0.717, 1.165) is 36.7 Å². The number of aromatic nitrogens is 3. The monoisotopic (exact) mass is 376 g/mol. The quantitative estimate of drug-likeness (QED) is 0.760. The maximum atomic E-state index is 12.7. The van der Waals surface area contributed by atoms with Crippen LogP contribution in [0.3, 0.4) is 0 Å². The third-order valence-corrected chi connectivity index (χ3v) is 4.95. The van der Waals surface area contributed by atoms with E-state index in [1.807, 2.05) is 60.6 Å². The highest BCUT2D eigenvalue weighted by molar-refractivity contribution is 5.89. The Morgan fingerprint density at radius 3 is 2.57 bits per heavy atom. The first-order chi connectivity index (χ1) is 13.7. The number of carbonyl (C=O) groups excluding carboxylic acids is 1. The highest BCUT2D eigenvalue weighted by Gasteiger charge is 2.22. The second kappa shape index (κ2) is 8.22. The number of nitrogens with zero attached hydrogens (tertiary/aromatic N) is 5. The maximum Gasteiger partial charge on any atom is 0.322 e. The molecule has 3 aromatic rings. The average molecular weight is 376 g/mol. The summed E-state index contributed by atoms with van der Waals surface area (Å²) >= 11 is 0. The SMILES string of the molecule is Cc1nn(-c2ccccc2)cc1NC(=O)N1CCN(Cc2cccnc2)CC1. The Balaban J connectivity index is 1.33. The van der Waals surface area contributed by atoms with E-state index in [0.29, 0.717) is 13.1 Å². The number of benzene rings is 1. The molecule has 1 fully saturated rings. The number of amides is 2. The number of aryl methyl sites for hydroxylation is 1. The average Bonchev–Trinajstić information content (AvgIpc) is 3.10. The number of anilines is 1. The van der Waals surface area contributed by atoms with Gasteiger partial charge in [0.1, 0.15) is 0 Å². The van der Waals surface area contributed by atoms with Crippen LogP contribution >= 0.6 is 0 Å². The van der Waals surface area contributed by atoms with E-state index in [-0.39, 0.29) is 6.03 Å². The molecule has 28 heavy (non-hydrogen) atoms. The van der Waals surface area contributed by atoms with Gasteiger partial charge in [-0.2, -0.15) is 5.10 Å². The van der Waals surface area contributed by atoms with Crippen molar-refractivity contribution in [3.8, 4) is 5.69 Å². The minimum absolute atomic E-state index is 0.0725. The largest absolute Gasteiger partial charge is 0.322 e. The standard InChI is InChI=1S/C21H24N6O/c1-17-20(16-27(24-17)19-7-3-2-4-8-19)23-21(28)26-12-10-25(11-13-26)15-18-6-5-9-22-14-18/h2-9,14,16H,10-13,15H2,1H3,(H,23,28). The van der Waals surface area contributed by atoms with E-state index < -0.39 is 0 Å². The summed E-state index contributed by atoms with van der Waals surface area (Å²) in [6.07, 6.45) is 5.54. The van der Waals surface area contributed by atoms with E-state index in [2.05, 4.69) is 26.4 Å². The van der Waals surface area contributed by atoms with Crippen molar-refractivity contribution in [2.45, 2.75) is 13.5 Å². The van der Waals surface area contributed by atoms with Gasteiger partial charge < -0.3 is 10.2 Å². The molecule has 1 aromatic carbocycles. The fourth-order valence-corrected chi connectivity index (χ4v) is 3.35. The molecule has 3 heterocycles. The number of piperazine rings is 1. The molecule has 0 radical (unpaired) electrons. The lowest BCUT2D eigenvalue weighted by Crippen LogP contribution is -2.49. The third-order valence-electron chi connectivity index (χ3n) is 4.95. The zero-order chi connectivity index (χ0) is 19.3. The summed E-state index contributed by atoms with van der Waals surface area (Å²) in [4.78, 5) is 21.0. The first kappa shape index (κ1) is 18.2. The molecule has 2 amide bonds. The number of rotatable bonds is 4. The summed E-state index contributed by atoms with van der Waals surface area (Å²) in [5.41, 5.74) is 3.71. The summed E-state index contributed by atoms with van der Waals surface area (Å²) in [7, 11) is 0. The molecule has 0 bridgehead atoms. The molecular weight excluding hydrogens is 352 g/mol. The minimum Gasteiger partial charge on any atom is -0.322 e. The lowest BCUT2D eigenvalue weighted by Gasteiger charge is -2.34. The highest BCUT2D eigenvalue weighted by atomic mass is 16.2. The van der Waals surface area contributed by atoms with Crippen molar-refractivity contribution in [1.29, 1.82) is 0 Å². The molecule has 1 N–H and O–H groups in total. The maximum absolute atomic E-state index is 12.7. The molecule has 1 aliphatic heterocycles. The van der Waals surface area contributed by atoms with Crippen LogP contribution in [0.1, 0.15) is 11.3 Å². The van der Waals surface area contributed by atoms with Gasteiger partial charge in [0.2, 0.25) is 0 Å². The number of carbonyl (C=O) groups is 1. The molecule has 0 atom stereocenters. The van der Waals surface area contributed by atoms with Crippen LogP contribution in [-0.4, -0.2) is 56.8 Å². The molecule has 0 unspecified atom stereocenters. The summed E-state index contributed by atoms with van der Waals surface area (Å²) < 4.78 is 1.79. The Morgan fingerprint density at radius 1 is 1.07 bits per heavy atom. The van der Waals surface area contributed by atoms with Crippen molar-refractivity contribution in [3.63, 3.8) is 0 Å². The van der Waals surface area contributed by atoms with Gasteiger partial charge in [-0.3, -0.25) is 9.88 Å². The lowest BCUT2D eigenvalue weighted by molar-refractivity contribution is 0.143. The van der Waals surface area contributed by atoms with Gasteiger partial charge in [-0.15, -0.1) is 0 Å². The number of nitrogens with one attached hydrogen (secondary N) is 1. The van der Waals surface area contributed by atoms with Gasteiger partial charge in [0.05, 0.1) is 23.3 Å². The number of pyridine rings is 1. The summed E-state index contributed by atoms with van der Waals surface area (Å²) in [6, 6.07) is 13.8. The fourth-order valence-electron chi connectivity index (χ4n) is 3.35. The number of para-hydroxylation sites is 1. The van der Waals surface area contributed by atoms with Crippen LogP contribution in [0.15, 0.2) is 61.1 Å². The molecular formula is C21H24N6O. The molecule has 4 rings (SSSR count). The zero-order valence-electron chi connectivity index (χ0n) is 16.0. The molecule has 7 heteroatoms. The Kier molecular flexibility index (Phi) is 5.34. The van der Waals surface area contributed by atoms with E-state index in [4.69, 9.17) is 0 Å². The van der Waals surface area contributed by atoms with Crippen molar-refractivity contribution >= 4 is 11.7 Å². The lowest BCUT2D eigenvalue weighted by atomic mass is 10.2. The topological polar surface area (TPSA) is 66.3 Å². The van der Waals surface area contributed by atoms with E-state index in [1.54, 1.807) is 10.9 Å². The molecule has 1 aliphatic rings. The van der Waals surface area contributed by atoms with Crippen molar-refractivity contribution in [2.75, 3.05) is 31.5 Å². The Bertz CT molecular complexity index is 917. The van der Waals surface area contributed by atoms with E-state index in [9.17, 15) is 4.79 Å². The number of hydrogen-bond donors (Lipinski definition) is 1. The highest BCUT2D eigenvalue weighted by Crippen LogP contribution is 2.17. The van der Waals surface area contributed by atoms with Crippen LogP contribution < -0.4 is 5.32 Å². The third kappa shape index (κ3) is 4.20. The summed E-state index contributed by atoms with van der Waals surface area (Å²) in [5.74, 6) is 0. The number of hydrogen-bond acceptors (Lipinski definition) is 4. The second-order valence-electron chi connectivity index (χ2n) is 6.96. The normalized spacial score (nSPS) is 14.8. The van der Waals surface area contributed by atoms with Gasteiger partial charge >= 0.3 is 6.03 Å². The Morgan fingerprint density at radius 2 is 1.86 bits per heavy atom. The van der Waals surface area contributed by atoms with Crippen molar-refractivity contribution < 1.29 is 4.79 Å². The fraction of sp³-hybridized carbons (Fsp3) is 0.286. The second-order valence-corrected chi connectivity index (χ2v) is 6.96. The first-order valence-corrected chi connectivity index (χ1v) is 9.48. The zero-order valence-corrected chi connectivity index (χ0v) is 16.0. The molecule has 0 saturated carbocycles. The van der Waals surface area contributed by atoms with Gasteiger partial charge in [-0.25, -0.2) is 9.48 Å². The smallest absolute Gasteiger partial charge is 0.322 e.